The molecule has 0 aliphatic carbocycles. The Kier molecular flexibility index (Phi) is 5.44. The van der Waals surface area contributed by atoms with Gasteiger partial charge < -0.3 is 14.5 Å². The average Bonchev–Trinajstić information content (AvgIpc) is 2.79. The van der Waals surface area contributed by atoms with E-state index in [1.54, 1.807) is 13.0 Å². The van der Waals surface area contributed by atoms with E-state index in [2.05, 4.69) is 32.9 Å². The van der Waals surface area contributed by atoms with Gasteiger partial charge in [0.05, 0.1) is 6.61 Å². The van der Waals surface area contributed by atoms with Crippen molar-refractivity contribution >= 4 is 15.9 Å². The first-order chi connectivity index (χ1) is 11.1. The number of ether oxygens (including phenoxy) is 2. The van der Waals surface area contributed by atoms with E-state index in [0.29, 0.717) is 18.6 Å². The van der Waals surface area contributed by atoms with Crippen LogP contribution in [0.25, 0.3) is 0 Å². The number of alkyl halides is 3. The first kappa shape index (κ1) is 18.6. The van der Waals surface area contributed by atoms with Crippen LogP contribution in [0.15, 0.2) is 35.5 Å². The molecule has 1 N–H and O–H groups in total. The highest BCUT2D eigenvalue weighted by atomic mass is 79.9. The van der Waals surface area contributed by atoms with Gasteiger partial charge in [-0.3, -0.25) is 0 Å². The number of aryl methyl sites for hydroxylation is 1. The quantitative estimate of drug-likeness (QED) is 0.779. The molecular weight excluding hydrogens is 391 g/mol. The molecule has 5 nitrogen and oxygen atoms in total. The number of hydrazine groups is 1. The van der Waals surface area contributed by atoms with Crippen molar-refractivity contribution in [2.75, 3.05) is 13.7 Å². The first-order valence-electron chi connectivity index (χ1n) is 7.02. The molecule has 2 rings (SSSR count). The van der Waals surface area contributed by atoms with Crippen molar-refractivity contribution in [1.29, 1.82) is 0 Å². The van der Waals surface area contributed by atoms with E-state index in [1.165, 1.54) is 24.3 Å². The molecule has 0 aromatic carbocycles. The van der Waals surface area contributed by atoms with Crippen molar-refractivity contribution in [2.45, 2.75) is 25.2 Å². The molecule has 0 fully saturated rings. The summed E-state index contributed by atoms with van der Waals surface area (Å²) in [7, 11) is 1.44. The van der Waals surface area contributed by atoms with Crippen LogP contribution in [0.4, 0.5) is 13.2 Å². The summed E-state index contributed by atoms with van der Waals surface area (Å²) in [4.78, 5) is 4.00. The van der Waals surface area contributed by atoms with Crippen molar-refractivity contribution < 1.29 is 22.6 Å². The Morgan fingerprint density at radius 2 is 2.08 bits per heavy atom. The molecule has 1 unspecified atom stereocenters. The van der Waals surface area contributed by atoms with Crippen LogP contribution < -0.4 is 14.9 Å². The zero-order valence-electron chi connectivity index (χ0n) is 13.2. The number of hydrogen-bond acceptors (Lipinski definition) is 5. The fourth-order valence-corrected chi connectivity index (χ4v) is 2.15. The summed E-state index contributed by atoms with van der Waals surface area (Å²) in [5.74, 6) is -0.00107. The van der Waals surface area contributed by atoms with Gasteiger partial charge in [0.2, 0.25) is 11.8 Å². The van der Waals surface area contributed by atoms with Crippen LogP contribution in [-0.4, -0.2) is 35.5 Å². The fraction of sp³-hybridized carbons (Fsp3) is 0.400. The van der Waals surface area contributed by atoms with Gasteiger partial charge in [-0.1, -0.05) is 22.5 Å². The maximum absolute atomic E-state index is 13.4. The number of rotatable bonds is 6. The van der Waals surface area contributed by atoms with E-state index in [1.807, 2.05) is 0 Å². The summed E-state index contributed by atoms with van der Waals surface area (Å²) in [6.07, 6.45) is -1.99. The average molecular weight is 408 g/mol. The van der Waals surface area contributed by atoms with E-state index in [4.69, 9.17) is 9.47 Å². The molecule has 132 valence electrons. The van der Waals surface area contributed by atoms with Crippen molar-refractivity contribution in [2.24, 2.45) is 0 Å². The lowest BCUT2D eigenvalue weighted by molar-refractivity contribution is -0.247. The molecular formula is C15H17BrF3N3O2. The zero-order chi connectivity index (χ0) is 18.0. The molecule has 9 heteroatoms. The first-order valence-corrected chi connectivity index (χ1v) is 7.81. The Hall–Kier alpha value is -1.74. The summed E-state index contributed by atoms with van der Waals surface area (Å²) in [5.41, 5.74) is 0.233. The number of halogens is 4. The van der Waals surface area contributed by atoms with Crippen molar-refractivity contribution in [1.82, 2.24) is 15.4 Å². The predicted molar refractivity (Wildman–Crippen MR) is 86.6 cm³/mol. The Bertz CT molecular complexity index is 651. The van der Waals surface area contributed by atoms with Crippen molar-refractivity contribution in [3.8, 4) is 11.8 Å². The summed E-state index contributed by atoms with van der Waals surface area (Å²) in [6.45, 7) is 5.69. The van der Waals surface area contributed by atoms with Crippen LogP contribution >= 0.6 is 15.9 Å². The zero-order valence-corrected chi connectivity index (χ0v) is 14.7. The largest absolute Gasteiger partial charge is 0.477 e. The smallest absolute Gasteiger partial charge is 0.448 e. The van der Waals surface area contributed by atoms with Crippen LogP contribution in [0, 0.1) is 6.92 Å². The monoisotopic (exact) mass is 407 g/mol. The highest BCUT2D eigenvalue weighted by Crippen LogP contribution is 2.36. The van der Waals surface area contributed by atoms with Gasteiger partial charge in [0.25, 0.3) is 5.72 Å². The van der Waals surface area contributed by atoms with Gasteiger partial charge in [-0.25, -0.2) is 0 Å². The van der Waals surface area contributed by atoms with Crippen LogP contribution in [-0.2, 0) is 0 Å². The molecule has 24 heavy (non-hydrogen) atoms. The summed E-state index contributed by atoms with van der Waals surface area (Å²) in [5, 5.41) is 1.17. The van der Waals surface area contributed by atoms with Gasteiger partial charge in [0, 0.05) is 37.9 Å². The normalized spacial score (nSPS) is 20.3. The highest BCUT2D eigenvalue weighted by molar-refractivity contribution is 9.11. The Balaban J connectivity index is 2.20. The lowest BCUT2D eigenvalue weighted by Gasteiger charge is -2.31. The van der Waals surface area contributed by atoms with Crippen molar-refractivity contribution in [3.63, 3.8) is 0 Å². The van der Waals surface area contributed by atoms with Gasteiger partial charge >= 0.3 is 6.18 Å². The minimum Gasteiger partial charge on any atom is -0.477 e. The predicted octanol–water partition coefficient (Wildman–Crippen LogP) is 3.67. The second-order valence-corrected chi connectivity index (χ2v) is 6.43. The number of nitrogens with zero attached hydrogens (tertiary/aromatic N) is 2. The molecule has 0 bridgehead atoms. The van der Waals surface area contributed by atoms with Crippen LogP contribution in [0.5, 0.6) is 11.8 Å². The number of hydrogen-bond donors (Lipinski definition) is 1. The van der Waals surface area contributed by atoms with E-state index >= 15 is 0 Å². The molecule has 1 atom stereocenters. The van der Waals surface area contributed by atoms with E-state index < -0.39 is 11.9 Å². The molecule has 1 aliphatic heterocycles. The fourth-order valence-electron chi connectivity index (χ4n) is 1.99. The van der Waals surface area contributed by atoms with E-state index in [9.17, 15) is 13.2 Å². The molecule has 1 aliphatic rings. The van der Waals surface area contributed by atoms with Crippen LogP contribution in [0.2, 0.25) is 0 Å². The molecule has 2 heterocycles. The minimum absolute atomic E-state index is 0.186. The number of pyridine rings is 1. The summed E-state index contributed by atoms with van der Waals surface area (Å²) < 4.78 is 51.6. The van der Waals surface area contributed by atoms with Gasteiger partial charge in [0.15, 0.2) is 0 Å². The number of aromatic nitrogens is 1. The molecule has 1 aromatic heterocycles. The molecule has 0 amide bonds. The second-order valence-electron chi connectivity index (χ2n) is 5.31. The Labute approximate surface area is 146 Å². The van der Waals surface area contributed by atoms with Gasteiger partial charge in [-0.2, -0.15) is 23.6 Å². The van der Waals surface area contributed by atoms with Crippen molar-refractivity contribution in [3.05, 3.63) is 41.0 Å². The Morgan fingerprint density at radius 1 is 1.42 bits per heavy atom. The third-order valence-electron chi connectivity index (χ3n) is 3.11. The molecule has 0 radical (unpaired) electrons. The molecule has 0 spiro atoms. The Morgan fingerprint density at radius 3 is 2.62 bits per heavy atom. The molecule has 0 saturated heterocycles. The summed E-state index contributed by atoms with van der Waals surface area (Å²) in [6, 6.07) is 3.03. The lowest BCUT2D eigenvalue weighted by Crippen LogP contribution is -2.60. The van der Waals surface area contributed by atoms with Gasteiger partial charge in [-0.05, 0) is 17.0 Å². The van der Waals surface area contributed by atoms with E-state index in [0.717, 1.165) is 10.6 Å². The maximum atomic E-state index is 13.4. The summed E-state index contributed by atoms with van der Waals surface area (Å²) >= 11 is 3.20. The number of nitrogens with one attached hydrogen (secondary N) is 1. The van der Waals surface area contributed by atoms with Gasteiger partial charge in [0.1, 0.15) is 0 Å². The third kappa shape index (κ3) is 4.41. The third-order valence-corrected chi connectivity index (χ3v) is 3.50. The SMILES string of the molecule is C=C(Br)CCOc1cc(C)cc(OC2(C(F)(F)F)C=CN(C)N2)n1. The standard InChI is InChI=1S/C15H17BrF3N3O2/c1-10-8-12(23-7-4-11(2)16)20-13(9-10)24-14(15(17,18)19)5-6-22(3)21-14/h5-6,8-9,21H,2,4,7H2,1,3H3. The molecule has 0 saturated carbocycles. The van der Waals surface area contributed by atoms with Gasteiger partial charge in [-0.15, -0.1) is 0 Å². The van der Waals surface area contributed by atoms with Crippen LogP contribution in [0.1, 0.15) is 12.0 Å². The lowest BCUT2D eigenvalue weighted by atomic mass is 10.2. The minimum atomic E-state index is -4.67. The van der Waals surface area contributed by atoms with Crippen LogP contribution in [0.3, 0.4) is 0 Å². The second kappa shape index (κ2) is 7.02. The maximum Gasteiger partial charge on any atom is 0.448 e. The highest BCUT2D eigenvalue weighted by Gasteiger charge is 2.59. The van der Waals surface area contributed by atoms with E-state index in [-0.39, 0.29) is 11.8 Å². The molecule has 1 aromatic rings. The topological polar surface area (TPSA) is 46.6 Å².